The Labute approximate surface area is 384 Å². The Kier molecular flexibility index (Phi) is 13.9. The van der Waals surface area contributed by atoms with Gasteiger partial charge in [-0.15, -0.1) is 0 Å². The minimum absolute atomic E-state index is 0. The van der Waals surface area contributed by atoms with Crippen LogP contribution < -0.4 is 5.32 Å². The second kappa shape index (κ2) is 16.6. The molecule has 3 fully saturated rings. The van der Waals surface area contributed by atoms with Crippen molar-refractivity contribution in [3.05, 3.63) is 71.2 Å². The number of carbonyl (C=O) groups excluding carboxylic acids is 4. The van der Waals surface area contributed by atoms with Gasteiger partial charge in [-0.05, 0) is 49.3 Å². The molecule has 1 aromatic carbocycles. The second-order valence-electron chi connectivity index (χ2n) is 15.3. The summed E-state index contributed by atoms with van der Waals surface area (Å²) in [7, 11) is 2.92. The molecular weight excluding hydrogens is 1130 g/mol. The third-order valence-electron chi connectivity index (χ3n) is 12.0. The van der Waals surface area contributed by atoms with Crippen molar-refractivity contribution < 1.29 is 151 Å². The quantitative estimate of drug-likeness (QED) is 0.169. The van der Waals surface area contributed by atoms with Crippen molar-refractivity contribution >= 4 is 23.8 Å². The summed E-state index contributed by atoms with van der Waals surface area (Å²) in [6, 6.07) is 8.76. The summed E-state index contributed by atoms with van der Waals surface area (Å²) in [4.78, 5) is 56.0. The molecule has 11 atom stereocenters. The number of amides is 2. The van der Waals surface area contributed by atoms with E-state index in [9.17, 15) is 44.7 Å². The smallest absolute Gasteiger partial charge is 0.338 e. The Balaban J connectivity index is 0.00000325. The van der Waals surface area contributed by atoms with E-state index in [-0.39, 0.29) is 124 Å². The number of carbonyl (C=O) groups is 4. The Morgan fingerprint density at radius 2 is 1.65 bits per heavy atom. The van der Waals surface area contributed by atoms with Crippen LogP contribution in [0.4, 0.5) is 4.79 Å². The summed E-state index contributed by atoms with van der Waals surface area (Å²) in [5, 5.41) is 62.7. The molecule has 15 nitrogen and oxygen atoms in total. The molecule has 2 heterocycles. The van der Waals surface area contributed by atoms with E-state index in [1.54, 1.807) is 32.0 Å². The van der Waals surface area contributed by atoms with E-state index >= 15 is 0 Å². The number of benzene rings is 1. The van der Waals surface area contributed by atoms with Gasteiger partial charge in [0, 0.05) is 126 Å². The van der Waals surface area contributed by atoms with E-state index in [1.807, 2.05) is 0 Å². The summed E-state index contributed by atoms with van der Waals surface area (Å²) >= 11 is 0. The first-order valence-electron chi connectivity index (χ1n) is 17.1. The van der Waals surface area contributed by atoms with E-state index in [0.29, 0.717) is 0 Å². The van der Waals surface area contributed by atoms with E-state index in [0.717, 1.165) is 0 Å². The number of ketones is 1. The van der Waals surface area contributed by atoms with Gasteiger partial charge in [-0.25, -0.2) is 14.4 Å². The number of Topliss-reactive ketones (excluding diaryl/α,β-unsaturated/α-hetero) is 1. The van der Waals surface area contributed by atoms with E-state index in [2.05, 4.69) is 5.32 Å². The average molecular weight is 1180 g/mol. The van der Waals surface area contributed by atoms with Crippen LogP contribution >= 0.6 is 0 Å². The van der Waals surface area contributed by atoms with E-state index < -0.39 is 101 Å². The van der Waals surface area contributed by atoms with Crippen LogP contribution in [-0.4, -0.2) is 123 Å². The molecule has 288 valence electrons. The van der Waals surface area contributed by atoms with Crippen molar-refractivity contribution in [3.63, 3.8) is 0 Å². The van der Waals surface area contributed by atoms with Gasteiger partial charge < -0.3 is 54.4 Å². The molecule has 6 N–H and O–H groups in total. The van der Waals surface area contributed by atoms with E-state index in [4.69, 9.17) is 18.6 Å². The van der Waals surface area contributed by atoms with Crippen LogP contribution in [-0.2, 0) is 23.8 Å². The maximum atomic E-state index is 14.6. The number of rotatable bonds is 7. The summed E-state index contributed by atoms with van der Waals surface area (Å²) in [5.41, 5.74) is -7.53. The predicted molar refractivity (Wildman–Crippen MR) is 179 cm³/mol. The van der Waals surface area contributed by atoms with E-state index in [1.165, 1.54) is 63.4 Å². The number of hydrogen-bond acceptors (Lipinski definition) is 13. The predicted octanol–water partition coefficient (Wildman–Crippen LogP) is 1.03. The van der Waals surface area contributed by atoms with Crippen LogP contribution in [0, 0.1) is 105 Å². The zero-order valence-corrected chi connectivity index (χ0v) is 40.5. The van der Waals surface area contributed by atoms with Gasteiger partial charge in [0.25, 0.3) is 0 Å². The molecule has 6 rings (SSSR count). The Bertz CT molecular complexity index is 1770. The standard InChI is InChI=1S/C37H46N2O13.2Ac/c1-18-21(51-32(45)27(42)25(20-13-10-14-49-20)38-33(46)39(5)6)16-37(48)30(52-31(44)19-11-8-7-9-12-19)28-35(4,22(40)15-23-36(28,47)17-50-23)29(43)26(41)24(18)34(37,2)3;;/h7-14,21-23,25-28,30,40-42,47-48H,15-17H2,1-6H3,(H,38,46);;/t21?,22?,23?,25?,26?,27?,28?,30?,35-,36?,37?;;/m1../s1. The van der Waals surface area contributed by atoms with Gasteiger partial charge in [0.2, 0.25) is 0 Å². The monoisotopic (exact) mass is 1180 g/mol. The molecule has 2 saturated carbocycles. The first-order valence-corrected chi connectivity index (χ1v) is 17.1. The van der Waals surface area contributed by atoms with Gasteiger partial charge in [-0.2, -0.15) is 0 Å². The molecule has 1 aromatic heterocycles. The molecule has 54 heavy (non-hydrogen) atoms. The zero-order chi connectivity index (χ0) is 38.1. The second-order valence-corrected chi connectivity index (χ2v) is 15.3. The van der Waals surface area contributed by atoms with Crippen LogP contribution in [0.3, 0.4) is 0 Å². The topological polar surface area (TPSA) is 226 Å². The fourth-order valence-electron chi connectivity index (χ4n) is 8.76. The Morgan fingerprint density at radius 1 is 1.00 bits per heavy atom. The fourth-order valence-corrected chi connectivity index (χ4v) is 8.76. The molecule has 17 heteroatoms. The average Bonchev–Trinajstić information content (AvgIpc) is 3.64. The summed E-state index contributed by atoms with van der Waals surface area (Å²) in [6.07, 6.45) is -9.06. The molecule has 4 aliphatic rings. The Hall–Kier alpha value is -1.24. The number of nitrogens with one attached hydrogen (secondary N) is 1. The molecule has 1 saturated heterocycles. The Morgan fingerprint density at radius 3 is 2.20 bits per heavy atom. The molecule has 2 aromatic rings. The van der Waals surface area contributed by atoms with Crippen LogP contribution in [0.25, 0.3) is 0 Å². The third kappa shape index (κ3) is 7.24. The van der Waals surface area contributed by atoms with Crippen LogP contribution in [0.1, 0.15) is 62.7 Å². The third-order valence-corrected chi connectivity index (χ3v) is 12.0. The van der Waals surface area contributed by atoms with Crippen LogP contribution in [0.5, 0.6) is 0 Å². The summed E-state index contributed by atoms with van der Waals surface area (Å²) in [6.45, 7) is 5.65. The van der Waals surface area contributed by atoms with Gasteiger partial charge in [0.15, 0.2) is 11.9 Å². The van der Waals surface area contributed by atoms with Gasteiger partial charge in [0.05, 0.1) is 36.1 Å². The number of aliphatic hydroxyl groups excluding tert-OH is 3. The van der Waals surface area contributed by atoms with Gasteiger partial charge in [0.1, 0.15) is 41.3 Å². The SMILES string of the molecule is CC1=C2C(O)C(=O)[C@]3(C)C(O)CC4OCC4(O)C3C(OC(=O)c3ccccc3)C(O)(CC1OC(=O)C(O)C(NC(=O)N(C)C)c1ccco1)C2(C)C.[Ac].[Ac]. The first-order chi connectivity index (χ1) is 24.3. The number of esters is 2. The van der Waals surface area contributed by atoms with Crippen molar-refractivity contribution in [2.45, 2.75) is 94.4 Å². The number of nitrogens with zero attached hydrogens (tertiary/aromatic N) is 1. The molecule has 2 radical (unpaired) electrons. The van der Waals surface area contributed by atoms with Crippen molar-refractivity contribution in [3.8, 4) is 0 Å². The van der Waals surface area contributed by atoms with Crippen LogP contribution in [0.15, 0.2) is 64.3 Å². The van der Waals surface area contributed by atoms with Crippen molar-refractivity contribution in [1.29, 1.82) is 0 Å². The maximum Gasteiger partial charge on any atom is 0.338 e. The molecule has 10 unspecified atom stereocenters. The van der Waals surface area contributed by atoms with Gasteiger partial charge in [-0.1, -0.05) is 32.0 Å². The molecule has 2 amide bonds. The van der Waals surface area contributed by atoms with Crippen LogP contribution in [0.2, 0.25) is 0 Å². The molecule has 0 spiro atoms. The minimum Gasteiger partial charge on any atom is -0.467 e. The van der Waals surface area contributed by atoms with Gasteiger partial charge >= 0.3 is 18.0 Å². The number of furan rings is 1. The fraction of sp³-hybridized carbons (Fsp3) is 0.568. The number of ether oxygens (including phenoxy) is 3. The number of urea groups is 1. The molecule has 2 bridgehead atoms. The minimum atomic E-state index is -2.30. The molecule has 1 aliphatic heterocycles. The van der Waals surface area contributed by atoms with Gasteiger partial charge in [-0.3, -0.25) is 4.79 Å². The number of hydrogen-bond donors (Lipinski definition) is 6. The normalized spacial score (nSPS) is 34.8. The number of aliphatic hydroxyl groups is 5. The largest absolute Gasteiger partial charge is 0.467 e. The molecular formula is C37H46Ac2N2O13. The number of fused-ring (bicyclic) bond motifs is 5. The maximum absolute atomic E-state index is 14.6. The van der Waals surface area contributed by atoms with Crippen molar-refractivity contribution in [2.75, 3.05) is 20.7 Å². The molecule has 3 aliphatic carbocycles. The summed E-state index contributed by atoms with van der Waals surface area (Å²) < 4.78 is 23.0. The van der Waals surface area contributed by atoms with Crippen molar-refractivity contribution in [1.82, 2.24) is 10.2 Å². The summed E-state index contributed by atoms with van der Waals surface area (Å²) in [5.74, 6) is -4.52. The zero-order valence-electron chi connectivity index (χ0n) is 31.0. The van der Waals surface area contributed by atoms with Crippen molar-refractivity contribution in [2.24, 2.45) is 16.7 Å². The first kappa shape index (κ1) is 45.5.